The first-order valence-electron chi connectivity index (χ1n) is 8.81. The van der Waals surface area contributed by atoms with Crippen LogP contribution in [0.3, 0.4) is 0 Å². The summed E-state index contributed by atoms with van der Waals surface area (Å²) < 4.78 is 11.7. The highest BCUT2D eigenvalue weighted by Gasteiger charge is 2.60. The lowest BCUT2D eigenvalue weighted by Gasteiger charge is -2.42. The zero-order chi connectivity index (χ0) is 21.4. The predicted octanol–water partition coefficient (Wildman–Crippen LogP) is 3.58. The van der Waals surface area contributed by atoms with Gasteiger partial charge >= 0.3 is 11.9 Å². The molecule has 0 bridgehead atoms. The number of ether oxygens (including phenoxy) is 2. The van der Waals surface area contributed by atoms with Crippen molar-refractivity contribution in [2.75, 3.05) is 0 Å². The molecular weight excluding hydrogens is 435 g/mol. The van der Waals surface area contributed by atoms with Crippen LogP contribution < -0.4 is 4.74 Å². The van der Waals surface area contributed by atoms with E-state index in [9.17, 15) is 24.9 Å². The highest BCUT2D eigenvalue weighted by molar-refractivity contribution is 6.33. The van der Waals surface area contributed by atoms with E-state index in [1.54, 1.807) is 24.3 Å². The lowest BCUT2D eigenvalue weighted by atomic mass is 9.73. The molecule has 0 saturated carbocycles. The number of allylic oxidation sites excluding steroid dienone is 1. The number of aliphatic hydroxyl groups excluding tert-OH is 1. The number of esters is 1. The number of phenols is 1. The van der Waals surface area contributed by atoms with Crippen LogP contribution in [-0.2, 0) is 15.1 Å². The van der Waals surface area contributed by atoms with Gasteiger partial charge in [0.25, 0.3) is 0 Å². The second-order valence-electron chi connectivity index (χ2n) is 7.01. The van der Waals surface area contributed by atoms with Gasteiger partial charge in [-0.3, -0.25) is 0 Å². The van der Waals surface area contributed by atoms with E-state index in [0.29, 0.717) is 11.1 Å². The number of aliphatic hydroxyl groups is 1. The molecule has 3 atom stereocenters. The van der Waals surface area contributed by atoms with Crippen molar-refractivity contribution in [2.45, 2.75) is 16.4 Å². The molecule has 0 aromatic heterocycles. The second-order valence-corrected chi connectivity index (χ2v) is 7.95. The Labute approximate surface area is 179 Å². The summed E-state index contributed by atoms with van der Waals surface area (Å²) in [5, 5.41) is 27.6. The van der Waals surface area contributed by atoms with E-state index in [-0.39, 0.29) is 28.4 Å². The zero-order valence-corrected chi connectivity index (χ0v) is 16.4. The molecule has 0 saturated heterocycles. The zero-order valence-electron chi connectivity index (χ0n) is 14.9. The molecule has 0 radical (unpaired) electrons. The molecule has 7 nitrogen and oxygen atoms in total. The summed E-state index contributed by atoms with van der Waals surface area (Å²) >= 11 is 12.9. The van der Waals surface area contributed by atoms with Gasteiger partial charge in [0.2, 0.25) is 0 Å². The maximum absolute atomic E-state index is 12.8. The van der Waals surface area contributed by atoms with Gasteiger partial charge in [0.1, 0.15) is 28.2 Å². The van der Waals surface area contributed by atoms with E-state index >= 15 is 0 Å². The van der Waals surface area contributed by atoms with E-state index in [1.807, 2.05) is 0 Å². The third-order valence-electron chi connectivity index (χ3n) is 5.44. The number of benzene rings is 2. The molecule has 9 heteroatoms. The highest BCUT2D eigenvalue weighted by atomic mass is 35.5. The molecule has 2 aliphatic heterocycles. The molecular formula is C21H12Cl2O7. The van der Waals surface area contributed by atoms with Crippen molar-refractivity contribution in [1.82, 2.24) is 0 Å². The molecule has 152 valence electrons. The van der Waals surface area contributed by atoms with Crippen LogP contribution in [0.15, 0.2) is 65.1 Å². The Morgan fingerprint density at radius 3 is 2.50 bits per heavy atom. The van der Waals surface area contributed by atoms with E-state index in [1.165, 1.54) is 18.2 Å². The number of fused-ring (bicyclic) bond motifs is 5. The molecule has 2 heterocycles. The minimum absolute atomic E-state index is 0.0571. The van der Waals surface area contributed by atoms with Crippen LogP contribution in [0.5, 0.6) is 11.5 Å². The molecule has 1 spiro atoms. The van der Waals surface area contributed by atoms with Crippen LogP contribution >= 0.6 is 23.2 Å². The first-order chi connectivity index (χ1) is 14.3. The number of carbonyl (C=O) groups excluding carboxylic acids is 1. The van der Waals surface area contributed by atoms with E-state index < -0.39 is 39.6 Å². The summed E-state index contributed by atoms with van der Waals surface area (Å²) in [6.07, 6.45) is 0. The Kier molecular flexibility index (Phi) is 3.87. The maximum atomic E-state index is 12.8. The normalized spacial score (nSPS) is 26.7. The SMILES string of the molecule is O=C(O)C1=C(O)C(Cl)C(Cl)C2=C1Oc1cc(O)ccc1C21OC(=O)c2ccccc21. The number of aromatic hydroxyl groups is 1. The van der Waals surface area contributed by atoms with E-state index in [0.717, 1.165) is 0 Å². The highest BCUT2D eigenvalue weighted by Crippen LogP contribution is 2.58. The van der Waals surface area contributed by atoms with Gasteiger partial charge in [0, 0.05) is 22.8 Å². The molecule has 0 amide bonds. The number of carbonyl (C=O) groups is 2. The quantitative estimate of drug-likeness (QED) is 0.453. The maximum Gasteiger partial charge on any atom is 0.343 e. The number of carboxylic acid groups (broad SMARTS) is 1. The Bertz CT molecular complexity index is 1220. The Balaban J connectivity index is 1.94. The van der Waals surface area contributed by atoms with Crippen molar-refractivity contribution in [2.24, 2.45) is 0 Å². The smallest absolute Gasteiger partial charge is 0.343 e. The van der Waals surface area contributed by atoms with Gasteiger partial charge in [-0.05, 0) is 18.2 Å². The van der Waals surface area contributed by atoms with Gasteiger partial charge in [-0.2, -0.15) is 0 Å². The van der Waals surface area contributed by atoms with Crippen molar-refractivity contribution < 1.29 is 34.4 Å². The molecule has 5 rings (SSSR count). The van der Waals surface area contributed by atoms with Gasteiger partial charge in [-0.15, -0.1) is 23.2 Å². The van der Waals surface area contributed by atoms with Gasteiger partial charge in [0.05, 0.1) is 10.9 Å². The van der Waals surface area contributed by atoms with Crippen LogP contribution in [-0.4, -0.2) is 38.0 Å². The van der Waals surface area contributed by atoms with Crippen LogP contribution in [0.25, 0.3) is 0 Å². The average molecular weight is 447 g/mol. The average Bonchev–Trinajstić information content (AvgIpc) is 2.99. The summed E-state index contributed by atoms with van der Waals surface area (Å²) in [7, 11) is 0. The number of aliphatic carboxylic acids is 1. The fraction of sp³-hybridized carbons (Fsp3) is 0.143. The Morgan fingerprint density at radius 1 is 1.03 bits per heavy atom. The summed E-state index contributed by atoms with van der Waals surface area (Å²) in [4.78, 5) is 24.7. The van der Waals surface area contributed by atoms with Crippen molar-refractivity contribution >= 4 is 35.1 Å². The molecule has 2 aromatic rings. The van der Waals surface area contributed by atoms with Crippen LogP contribution in [0.4, 0.5) is 0 Å². The third-order valence-corrected chi connectivity index (χ3v) is 6.50. The minimum atomic E-state index is -1.63. The van der Waals surface area contributed by atoms with E-state index in [4.69, 9.17) is 32.7 Å². The summed E-state index contributed by atoms with van der Waals surface area (Å²) in [6, 6.07) is 10.8. The molecule has 2 aromatic carbocycles. The topological polar surface area (TPSA) is 113 Å². The molecule has 1 aliphatic carbocycles. The fourth-order valence-electron chi connectivity index (χ4n) is 4.22. The van der Waals surface area contributed by atoms with Gasteiger partial charge in [0.15, 0.2) is 11.4 Å². The number of hydrogen-bond acceptors (Lipinski definition) is 6. The fourth-order valence-corrected chi connectivity index (χ4v) is 4.83. The third kappa shape index (κ3) is 2.21. The van der Waals surface area contributed by atoms with Crippen molar-refractivity contribution in [3.05, 3.63) is 81.8 Å². The number of carboxylic acids is 1. The summed E-state index contributed by atoms with van der Waals surface area (Å²) in [6.45, 7) is 0. The number of alkyl halides is 2. The van der Waals surface area contributed by atoms with Crippen molar-refractivity contribution in [1.29, 1.82) is 0 Å². The minimum Gasteiger partial charge on any atom is -0.510 e. The van der Waals surface area contributed by atoms with E-state index in [2.05, 4.69) is 0 Å². The molecule has 3 unspecified atom stereocenters. The Hall–Kier alpha value is -3.16. The summed E-state index contributed by atoms with van der Waals surface area (Å²) in [5.74, 6) is -3.17. The number of halogens is 2. The first kappa shape index (κ1) is 18.8. The van der Waals surface area contributed by atoms with Crippen LogP contribution in [0.2, 0.25) is 0 Å². The monoisotopic (exact) mass is 446 g/mol. The lowest BCUT2D eigenvalue weighted by molar-refractivity contribution is -0.132. The first-order valence-corrected chi connectivity index (χ1v) is 9.68. The summed E-state index contributed by atoms with van der Waals surface area (Å²) in [5.41, 5.74) is -1.08. The van der Waals surface area contributed by atoms with Gasteiger partial charge < -0.3 is 24.8 Å². The lowest BCUT2D eigenvalue weighted by Crippen LogP contribution is -2.45. The molecule has 30 heavy (non-hydrogen) atoms. The van der Waals surface area contributed by atoms with Gasteiger partial charge in [-0.25, -0.2) is 9.59 Å². The van der Waals surface area contributed by atoms with Crippen LogP contribution in [0, 0.1) is 0 Å². The van der Waals surface area contributed by atoms with Gasteiger partial charge in [-0.1, -0.05) is 18.2 Å². The largest absolute Gasteiger partial charge is 0.510 e. The molecule has 3 N–H and O–H groups in total. The Morgan fingerprint density at radius 2 is 1.77 bits per heavy atom. The number of hydrogen-bond donors (Lipinski definition) is 3. The number of rotatable bonds is 1. The van der Waals surface area contributed by atoms with Crippen molar-refractivity contribution in [3.63, 3.8) is 0 Å². The molecule has 3 aliphatic rings. The second kappa shape index (κ2) is 6.17. The predicted molar refractivity (Wildman–Crippen MR) is 105 cm³/mol. The van der Waals surface area contributed by atoms with Crippen molar-refractivity contribution in [3.8, 4) is 11.5 Å². The standard InChI is InChI=1S/C21H12Cl2O7/c22-15-14-18(13(19(26)27)17(25)16(15)23)29-12-7-8(24)5-6-11(12)21(14)10-4-2-1-3-9(10)20(28)30-21/h1-7,15-16,24-25H,(H,26,27). The molecule has 0 fully saturated rings. The number of phenolic OH excluding ortho intramolecular Hbond substituents is 1. The van der Waals surface area contributed by atoms with Crippen LogP contribution in [0.1, 0.15) is 21.5 Å².